The number of hydrogen-bond donors (Lipinski definition) is 1. The fourth-order valence-electron chi connectivity index (χ4n) is 1.18. The van der Waals surface area contributed by atoms with Crippen molar-refractivity contribution in [3.05, 3.63) is 48.7 Å². The molecule has 0 spiro atoms. The lowest BCUT2D eigenvalue weighted by molar-refractivity contribution is 1.33. The highest BCUT2D eigenvalue weighted by molar-refractivity contribution is 5.85. The molecular weight excluding hydrogens is 231 g/mol. The summed E-state index contributed by atoms with van der Waals surface area (Å²) in [6, 6.07) is 13.8. The van der Waals surface area contributed by atoms with Gasteiger partial charge in [-0.2, -0.15) is 0 Å². The molecule has 80 valence electrons. The van der Waals surface area contributed by atoms with E-state index in [4.69, 9.17) is 5.73 Å². The number of hydrogen-bond acceptors (Lipinski definition) is 2. The highest BCUT2D eigenvalue weighted by Crippen LogP contribution is 2.16. The van der Waals surface area contributed by atoms with E-state index in [0.29, 0.717) is 5.69 Å². The Balaban J connectivity index is 0.000000980. The maximum Gasteiger partial charge on any atom is 0.0703 e. The lowest BCUT2D eigenvalue weighted by Crippen LogP contribution is -1.87. The Morgan fingerprint density at radius 3 is 2.07 bits per heavy atom. The fourth-order valence-corrected chi connectivity index (χ4v) is 1.18. The normalized spacial score (nSPS) is 8.53. The van der Waals surface area contributed by atoms with Crippen molar-refractivity contribution >= 4 is 30.5 Å². The van der Waals surface area contributed by atoms with Gasteiger partial charge in [-0.15, -0.1) is 24.8 Å². The third-order valence-corrected chi connectivity index (χ3v) is 1.86. The molecule has 0 unspecified atom stereocenters. The summed E-state index contributed by atoms with van der Waals surface area (Å²) in [4.78, 5) is 4.22. The van der Waals surface area contributed by atoms with E-state index in [-0.39, 0.29) is 24.8 Å². The van der Waals surface area contributed by atoms with Crippen LogP contribution >= 0.6 is 24.8 Å². The number of pyridine rings is 1. The topological polar surface area (TPSA) is 38.9 Å². The SMILES string of the molecule is Cl.Cl.Nc1ccc(-c2ccccc2)nc1. The van der Waals surface area contributed by atoms with Gasteiger partial charge >= 0.3 is 0 Å². The standard InChI is InChI=1S/C11H10N2.2ClH/c12-10-6-7-11(13-8-10)9-4-2-1-3-5-9;;/h1-8H,12H2;2*1H. The zero-order chi connectivity index (χ0) is 9.10. The van der Waals surface area contributed by atoms with Crippen molar-refractivity contribution in [2.24, 2.45) is 0 Å². The first-order valence-electron chi connectivity index (χ1n) is 4.13. The largest absolute Gasteiger partial charge is 0.397 e. The van der Waals surface area contributed by atoms with Crippen LogP contribution in [0.1, 0.15) is 0 Å². The molecule has 0 aliphatic rings. The lowest BCUT2D eigenvalue weighted by Gasteiger charge is -1.99. The maximum atomic E-state index is 5.54. The van der Waals surface area contributed by atoms with Gasteiger partial charge in [-0.3, -0.25) is 4.98 Å². The van der Waals surface area contributed by atoms with Gasteiger partial charge in [-0.25, -0.2) is 0 Å². The first-order chi connectivity index (χ1) is 6.36. The molecule has 2 N–H and O–H groups in total. The second-order valence-electron chi connectivity index (χ2n) is 2.84. The first-order valence-corrected chi connectivity index (χ1v) is 4.13. The summed E-state index contributed by atoms with van der Waals surface area (Å²) < 4.78 is 0. The van der Waals surface area contributed by atoms with Gasteiger partial charge in [0.15, 0.2) is 0 Å². The summed E-state index contributed by atoms with van der Waals surface area (Å²) in [7, 11) is 0. The molecule has 0 saturated heterocycles. The molecule has 0 aliphatic heterocycles. The molecule has 2 nitrogen and oxygen atoms in total. The monoisotopic (exact) mass is 242 g/mol. The van der Waals surface area contributed by atoms with Gasteiger partial charge in [0.05, 0.1) is 17.6 Å². The molecule has 0 atom stereocenters. The third-order valence-electron chi connectivity index (χ3n) is 1.86. The molecule has 0 saturated carbocycles. The maximum absolute atomic E-state index is 5.54. The van der Waals surface area contributed by atoms with Crippen LogP contribution in [0.2, 0.25) is 0 Å². The number of rotatable bonds is 1. The molecule has 0 radical (unpaired) electrons. The number of benzene rings is 1. The second-order valence-corrected chi connectivity index (χ2v) is 2.84. The quantitative estimate of drug-likeness (QED) is 0.835. The van der Waals surface area contributed by atoms with Crippen LogP contribution in [0.5, 0.6) is 0 Å². The van der Waals surface area contributed by atoms with E-state index in [9.17, 15) is 0 Å². The highest BCUT2D eigenvalue weighted by atomic mass is 35.5. The van der Waals surface area contributed by atoms with Crippen LogP contribution in [-0.4, -0.2) is 4.98 Å². The Kier molecular flexibility index (Phi) is 5.75. The number of nitrogens with zero attached hydrogens (tertiary/aromatic N) is 1. The van der Waals surface area contributed by atoms with Gasteiger partial charge in [-0.1, -0.05) is 30.3 Å². The Morgan fingerprint density at radius 2 is 1.53 bits per heavy atom. The Hall–Kier alpha value is -1.25. The smallest absolute Gasteiger partial charge is 0.0703 e. The van der Waals surface area contributed by atoms with Crippen LogP contribution in [0.3, 0.4) is 0 Å². The molecule has 0 aliphatic carbocycles. The van der Waals surface area contributed by atoms with Crippen LogP contribution in [0.15, 0.2) is 48.7 Å². The Labute approximate surface area is 101 Å². The summed E-state index contributed by atoms with van der Waals surface area (Å²) in [6.45, 7) is 0. The molecule has 1 heterocycles. The van der Waals surface area contributed by atoms with Gasteiger partial charge in [0, 0.05) is 5.56 Å². The van der Waals surface area contributed by atoms with Crippen LogP contribution in [0.4, 0.5) is 5.69 Å². The predicted molar refractivity (Wildman–Crippen MR) is 68.6 cm³/mol. The van der Waals surface area contributed by atoms with E-state index >= 15 is 0 Å². The minimum absolute atomic E-state index is 0. The summed E-state index contributed by atoms with van der Waals surface area (Å²) in [5, 5.41) is 0. The number of nitrogen functional groups attached to an aromatic ring is 1. The molecule has 1 aromatic carbocycles. The lowest BCUT2D eigenvalue weighted by atomic mass is 10.1. The zero-order valence-electron chi connectivity index (χ0n) is 7.96. The first kappa shape index (κ1) is 13.8. The highest BCUT2D eigenvalue weighted by Gasteiger charge is 1.95. The molecule has 15 heavy (non-hydrogen) atoms. The number of halogens is 2. The fraction of sp³-hybridized carbons (Fsp3) is 0. The minimum Gasteiger partial charge on any atom is -0.397 e. The van der Waals surface area contributed by atoms with E-state index in [1.54, 1.807) is 6.20 Å². The molecule has 2 aromatic rings. The van der Waals surface area contributed by atoms with Crippen molar-refractivity contribution in [3.8, 4) is 11.3 Å². The number of nitrogens with two attached hydrogens (primary N) is 1. The zero-order valence-corrected chi connectivity index (χ0v) is 9.59. The molecule has 0 fully saturated rings. The van der Waals surface area contributed by atoms with Crippen LogP contribution < -0.4 is 5.73 Å². The Morgan fingerprint density at radius 1 is 0.867 bits per heavy atom. The molecular formula is C11H12Cl2N2. The van der Waals surface area contributed by atoms with Crippen molar-refractivity contribution in [3.63, 3.8) is 0 Å². The van der Waals surface area contributed by atoms with Gasteiger partial charge in [0.25, 0.3) is 0 Å². The average Bonchev–Trinajstić information content (AvgIpc) is 2.20. The second kappa shape index (κ2) is 6.27. The van der Waals surface area contributed by atoms with E-state index in [0.717, 1.165) is 11.3 Å². The molecule has 2 rings (SSSR count). The van der Waals surface area contributed by atoms with Gasteiger partial charge in [0.2, 0.25) is 0 Å². The van der Waals surface area contributed by atoms with Crippen LogP contribution in [0.25, 0.3) is 11.3 Å². The van der Waals surface area contributed by atoms with E-state index in [2.05, 4.69) is 4.98 Å². The van der Waals surface area contributed by atoms with Crippen molar-refractivity contribution in [1.29, 1.82) is 0 Å². The van der Waals surface area contributed by atoms with Gasteiger partial charge < -0.3 is 5.73 Å². The molecule has 0 bridgehead atoms. The summed E-state index contributed by atoms with van der Waals surface area (Å²) in [5.74, 6) is 0. The molecule has 0 amide bonds. The van der Waals surface area contributed by atoms with Crippen molar-refractivity contribution in [1.82, 2.24) is 4.98 Å². The number of anilines is 1. The number of aromatic nitrogens is 1. The summed E-state index contributed by atoms with van der Waals surface area (Å²) in [6.07, 6.45) is 1.67. The average molecular weight is 243 g/mol. The summed E-state index contributed by atoms with van der Waals surface area (Å²) in [5.41, 5.74) is 8.30. The van der Waals surface area contributed by atoms with Gasteiger partial charge in [-0.05, 0) is 12.1 Å². The van der Waals surface area contributed by atoms with E-state index in [1.165, 1.54) is 0 Å². The van der Waals surface area contributed by atoms with E-state index in [1.807, 2.05) is 42.5 Å². The van der Waals surface area contributed by atoms with E-state index < -0.39 is 0 Å². The van der Waals surface area contributed by atoms with Crippen molar-refractivity contribution in [2.45, 2.75) is 0 Å². The van der Waals surface area contributed by atoms with Crippen LogP contribution in [-0.2, 0) is 0 Å². The van der Waals surface area contributed by atoms with Crippen molar-refractivity contribution in [2.75, 3.05) is 5.73 Å². The summed E-state index contributed by atoms with van der Waals surface area (Å²) >= 11 is 0. The predicted octanol–water partition coefficient (Wildman–Crippen LogP) is 3.17. The van der Waals surface area contributed by atoms with Crippen molar-refractivity contribution < 1.29 is 0 Å². The minimum atomic E-state index is 0. The molecule has 4 heteroatoms. The molecule has 1 aromatic heterocycles. The Bertz CT molecular complexity index is 387. The van der Waals surface area contributed by atoms with Gasteiger partial charge in [0.1, 0.15) is 0 Å². The third kappa shape index (κ3) is 3.42. The van der Waals surface area contributed by atoms with Crippen LogP contribution in [0, 0.1) is 0 Å².